The Morgan fingerprint density at radius 1 is 1.14 bits per heavy atom. The standard InChI is InChI=1S/C14H16N4O2S/c1-15-14-16-8-11(9-17-14)21(19,20)18-13-7-12(13)10-5-3-2-4-6-10/h2-6,8-9,12-13,18H,7H2,1H3,(H,15,16,17). The first-order chi connectivity index (χ1) is 10.1. The van der Waals surface area contributed by atoms with E-state index in [1.165, 1.54) is 12.4 Å². The Morgan fingerprint density at radius 2 is 1.81 bits per heavy atom. The van der Waals surface area contributed by atoms with Crippen molar-refractivity contribution in [3.05, 3.63) is 48.3 Å². The molecule has 0 amide bonds. The Bertz CT molecular complexity index is 716. The molecular formula is C14H16N4O2S. The first-order valence-electron chi connectivity index (χ1n) is 6.67. The van der Waals surface area contributed by atoms with E-state index in [2.05, 4.69) is 20.0 Å². The number of sulfonamides is 1. The fourth-order valence-corrected chi connectivity index (χ4v) is 3.42. The van der Waals surface area contributed by atoms with Crippen molar-refractivity contribution >= 4 is 16.0 Å². The molecule has 21 heavy (non-hydrogen) atoms. The predicted molar refractivity (Wildman–Crippen MR) is 79.5 cm³/mol. The molecule has 2 unspecified atom stereocenters. The average molecular weight is 304 g/mol. The summed E-state index contributed by atoms with van der Waals surface area (Å²) in [5.74, 6) is 0.640. The van der Waals surface area contributed by atoms with Crippen LogP contribution >= 0.6 is 0 Å². The molecule has 6 nitrogen and oxygen atoms in total. The lowest BCUT2D eigenvalue weighted by molar-refractivity contribution is 0.579. The van der Waals surface area contributed by atoms with Crippen LogP contribution < -0.4 is 10.0 Å². The molecule has 2 N–H and O–H groups in total. The van der Waals surface area contributed by atoms with Crippen molar-refractivity contribution in [1.29, 1.82) is 0 Å². The van der Waals surface area contributed by atoms with Gasteiger partial charge in [0.2, 0.25) is 16.0 Å². The van der Waals surface area contributed by atoms with Crippen molar-refractivity contribution < 1.29 is 8.42 Å². The summed E-state index contributed by atoms with van der Waals surface area (Å²) in [6, 6.07) is 9.85. The van der Waals surface area contributed by atoms with Crippen LogP contribution in [0.2, 0.25) is 0 Å². The number of nitrogens with zero attached hydrogens (tertiary/aromatic N) is 2. The zero-order chi connectivity index (χ0) is 14.9. The van der Waals surface area contributed by atoms with E-state index >= 15 is 0 Å². The van der Waals surface area contributed by atoms with Gasteiger partial charge in [-0.1, -0.05) is 30.3 Å². The summed E-state index contributed by atoms with van der Waals surface area (Å²) >= 11 is 0. The molecule has 1 aromatic heterocycles. The van der Waals surface area contributed by atoms with Crippen LogP contribution in [0.25, 0.3) is 0 Å². The second-order valence-corrected chi connectivity index (χ2v) is 6.69. The van der Waals surface area contributed by atoms with Gasteiger partial charge in [-0.25, -0.2) is 23.1 Å². The van der Waals surface area contributed by atoms with Crippen LogP contribution in [-0.2, 0) is 10.0 Å². The first-order valence-corrected chi connectivity index (χ1v) is 8.15. The fourth-order valence-electron chi connectivity index (χ4n) is 2.25. The van der Waals surface area contributed by atoms with E-state index in [1.807, 2.05) is 30.3 Å². The number of benzene rings is 1. The maximum Gasteiger partial charge on any atom is 0.243 e. The minimum absolute atomic E-state index is 0.0543. The monoisotopic (exact) mass is 304 g/mol. The highest BCUT2D eigenvalue weighted by atomic mass is 32.2. The van der Waals surface area contributed by atoms with Gasteiger partial charge >= 0.3 is 0 Å². The number of hydrogen-bond acceptors (Lipinski definition) is 5. The third-order valence-electron chi connectivity index (χ3n) is 3.49. The fraction of sp³-hybridized carbons (Fsp3) is 0.286. The predicted octanol–water partition coefficient (Wildman–Crippen LogP) is 1.35. The molecule has 1 saturated carbocycles. The van der Waals surface area contributed by atoms with Gasteiger partial charge in [-0.05, 0) is 12.0 Å². The summed E-state index contributed by atoms with van der Waals surface area (Å²) in [5, 5.41) is 2.75. The van der Waals surface area contributed by atoms with Crippen LogP contribution in [0.4, 0.5) is 5.95 Å². The van der Waals surface area contributed by atoms with E-state index in [1.54, 1.807) is 7.05 Å². The lowest BCUT2D eigenvalue weighted by Crippen LogP contribution is -2.27. The van der Waals surface area contributed by atoms with Crippen LogP contribution in [0.15, 0.2) is 47.6 Å². The van der Waals surface area contributed by atoms with Gasteiger partial charge in [0.05, 0.1) is 12.4 Å². The molecule has 1 aliphatic rings. The van der Waals surface area contributed by atoms with Crippen molar-refractivity contribution in [2.75, 3.05) is 12.4 Å². The van der Waals surface area contributed by atoms with E-state index in [-0.39, 0.29) is 16.9 Å². The maximum atomic E-state index is 12.2. The molecule has 110 valence electrons. The Hall–Kier alpha value is -1.99. The maximum absolute atomic E-state index is 12.2. The lowest BCUT2D eigenvalue weighted by Gasteiger charge is -2.06. The molecule has 0 radical (unpaired) electrons. The molecular weight excluding hydrogens is 288 g/mol. The van der Waals surface area contributed by atoms with Gasteiger partial charge < -0.3 is 5.32 Å². The van der Waals surface area contributed by atoms with Crippen molar-refractivity contribution in [2.45, 2.75) is 23.3 Å². The van der Waals surface area contributed by atoms with Gasteiger partial charge in [-0.3, -0.25) is 0 Å². The summed E-state index contributed by atoms with van der Waals surface area (Å²) in [6.07, 6.45) is 3.43. The normalized spacial score (nSPS) is 21.0. The zero-order valence-electron chi connectivity index (χ0n) is 11.5. The molecule has 0 aliphatic heterocycles. The Kier molecular flexibility index (Phi) is 3.60. The van der Waals surface area contributed by atoms with E-state index < -0.39 is 10.0 Å². The topological polar surface area (TPSA) is 84.0 Å². The lowest BCUT2D eigenvalue weighted by atomic mass is 10.1. The van der Waals surface area contributed by atoms with Crippen LogP contribution in [0.5, 0.6) is 0 Å². The first kappa shape index (κ1) is 14.0. The molecule has 3 rings (SSSR count). The van der Waals surface area contributed by atoms with Gasteiger partial charge in [0.1, 0.15) is 4.90 Å². The highest BCUT2D eigenvalue weighted by molar-refractivity contribution is 7.89. The van der Waals surface area contributed by atoms with Crippen LogP contribution in [0, 0.1) is 0 Å². The van der Waals surface area contributed by atoms with E-state index in [0.717, 1.165) is 12.0 Å². The summed E-state index contributed by atoms with van der Waals surface area (Å²) in [5.41, 5.74) is 1.16. The Morgan fingerprint density at radius 3 is 2.43 bits per heavy atom. The number of nitrogens with one attached hydrogen (secondary N) is 2. The van der Waals surface area contributed by atoms with E-state index in [0.29, 0.717) is 5.95 Å². The van der Waals surface area contributed by atoms with Crippen molar-refractivity contribution in [3.8, 4) is 0 Å². The zero-order valence-corrected chi connectivity index (χ0v) is 12.3. The molecule has 1 heterocycles. The molecule has 0 spiro atoms. The van der Waals surface area contributed by atoms with Crippen LogP contribution in [-0.4, -0.2) is 31.5 Å². The van der Waals surface area contributed by atoms with Crippen molar-refractivity contribution in [1.82, 2.24) is 14.7 Å². The molecule has 7 heteroatoms. The highest BCUT2D eigenvalue weighted by Gasteiger charge is 2.41. The SMILES string of the molecule is CNc1ncc(S(=O)(=O)NC2CC2c2ccccc2)cn1. The molecule has 2 aromatic rings. The second-order valence-electron chi connectivity index (χ2n) is 4.97. The van der Waals surface area contributed by atoms with Crippen molar-refractivity contribution in [3.63, 3.8) is 0 Å². The Labute approximate surface area is 123 Å². The summed E-state index contributed by atoms with van der Waals surface area (Å²) in [6.45, 7) is 0. The quantitative estimate of drug-likeness (QED) is 0.871. The number of rotatable bonds is 5. The summed E-state index contributed by atoms with van der Waals surface area (Å²) < 4.78 is 27.2. The molecule has 2 atom stereocenters. The molecule has 1 aromatic carbocycles. The summed E-state index contributed by atoms with van der Waals surface area (Å²) in [4.78, 5) is 7.94. The van der Waals surface area contributed by atoms with E-state index in [9.17, 15) is 8.42 Å². The second kappa shape index (κ2) is 5.42. The minimum Gasteiger partial charge on any atom is -0.357 e. The highest BCUT2D eigenvalue weighted by Crippen LogP contribution is 2.41. The van der Waals surface area contributed by atoms with Gasteiger partial charge in [-0.2, -0.15) is 0 Å². The number of hydrogen-bond donors (Lipinski definition) is 2. The average Bonchev–Trinajstić information content (AvgIpc) is 3.26. The van der Waals surface area contributed by atoms with Crippen LogP contribution in [0.1, 0.15) is 17.9 Å². The molecule has 0 bridgehead atoms. The van der Waals surface area contributed by atoms with Gasteiger partial charge in [0, 0.05) is 19.0 Å². The van der Waals surface area contributed by atoms with Gasteiger partial charge in [0.15, 0.2) is 0 Å². The Balaban J connectivity index is 1.70. The van der Waals surface area contributed by atoms with Gasteiger partial charge in [0.25, 0.3) is 0 Å². The van der Waals surface area contributed by atoms with Gasteiger partial charge in [-0.15, -0.1) is 0 Å². The van der Waals surface area contributed by atoms with E-state index in [4.69, 9.17) is 0 Å². The molecule has 1 fully saturated rings. The smallest absolute Gasteiger partial charge is 0.243 e. The summed E-state index contributed by atoms with van der Waals surface area (Å²) in [7, 11) is -1.89. The third-order valence-corrected chi connectivity index (χ3v) is 4.93. The number of aromatic nitrogens is 2. The minimum atomic E-state index is -3.57. The molecule has 0 saturated heterocycles. The number of anilines is 1. The third kappa shape index (κ3) is 3.03. The molecule has 1 aliphatic carbocycles. The van der Waals surface area contributed by atoms with Crippen LogP contribution in [0.3, 0.4) is 0 Å². The largest absolute Gasteiger partial charge is 0.357 e. The van der Waals surface area contributed by atoms with Crippen molar-refractivity contribution in [2.24, 2.45) is 0 Å².